The van der Waals surface area contributed by atoms with Crippen molar-refractivity contribution >= 4 is 23.3 Å². The number of nitrogens with zero attached hydrogens (tertiary/aromatic N) is 3. The zero-order chi connectivity index (χ0) is 13.1. The smallest absolute Gasteiger partial charge is 0.242 e. The van der Waals surface area contributed by atoms with Crippen LogP contribution in [0.1, 0.15) is 19.3 Å². The van der Waals surface area contributed by atoms with E-state index in [1.807, 2.05) is 0 Å². The highest BCUT2D eigenvalue weighted by molar-refractivity contribution is 6.28. The summed E-state index contributed by atoms with van der Waals surface area (Å²) in [5.41, 5.74) is 0. The summed E-state index contributed by atoms with van der Waals surface area (Å²) in [7, 11) is 1.57. The summed E-state index contributed by atoms with van der Waals surface area (Å²) in [5.74, 6) is -0.595. The normalized spacial score (nSPS) is 19.7. The minimum atomic E-state index is -0.560. The number of carbonyl (C=O) groups is 1. The highest BCUT2D eigenvalue weighted by atomic mass is 35.5. The minimum Gasteiger partial charge on any atom is -0.357 e. The second-order valence-corrected chi connectivity index (χ2v) is 4.47. The molecule has 1 aromatic rings. The predicted molar refractivity (Wildman–Crippen MR) is 66.1 cm³/mol. The average Bonchev–Trinajstić information content (AvgIpc) is 2.40. The number of hydrogen-bond acceptors (Lipinski definition) is 4. The largest absolute Gasteiger partial charge is 0.357 e. The second-order valence-electron chi connectivity index (χ2n) is 4.13. The fourth-order valence-electron chi connectivity index (χ4n) is 2.16. The van der Waals surface area contributed by atoms with Gasteiger partial charge in [-0.1, -0.05) is 0 Å². The quantitative estimate of drug-likeness (QED) is 0.827. The van der Waals surface area contributed by atoms with E-state index < -0.39 is 11.9 Å². The molecule has 2 rings (SSSR count). The number of piperidine rings is 1. The van der Waals surface area contributed by atoms with Crippen molar-refractivity contribution in [1.29, 1.82) is 0 Å². The Morgan fingerprint density at radius 2 is 2.39 bits per heavy atom. The van der Waals surface area contributed by atoms with E-state index in [-0.39, 0.29) is 17.0 Å². The number of nitrogens with one attached hydrogen (secondary N) is 1. The van der Waals surface area contributed by atoms with Gasteiger partial charge < -0.3 is 10.2 Å². The van der Waals surface area contributed by atoms with Crippen molar-refractivity contribution < 1.29 is 9.18 Å². The van der Waals surface area contributed by atoms with Gasteiger partial charge in [-0.3, -0.25) is 4.79 Å². The summed E-state index contributed by atoms with van der Waals surface area (Å²) >= 11 is 5.68. The summed E-state index contributed by atoms with van der Waals surface area (Å²) < 4.78 is 13.7. The van der Waals surface area contributed by atoms with E-state index >= 15 is 0 Å². The molecule has 1 aromatic heterocycles. The van der Waals surface area contributed by atoms with E-state index in [9.17, 15) is 9.18 Å². The van der Waals surface area contributed by atoms with Gasteiger partial charge >= 0.3 is 0 Å². The van der Waals surface area contributed by atoms with Gasteiger partial charge in [0.05, 0.1) is 6.20 Å². The molecule has 7 heteroatoms. The molecular formula is C11H14ClFN4O. The van der Waals surface area contributed by atoms with Gasteiger partial charge in [-0.05, 0) is 30.9 Å². The van der Waals surface area contributed by atoms with E-state index in [0.29, 0.717) is 13.0 Å². The van der Waals surface area contributed by atoms with Crippen LogP contribution in [-0.4, -0.2) is 35.5 Å². The van der Waals surface area contributed by atoms with Crippen molar-refractivity contribution in [2.75, 3.05) is 18.5 Å². The maximum Gasteiger partial charge on any atom is 0.242 e. The van der Waals surface area contributed by atoms with Gasteiger partial charge in [0.2, 0.25) is 11.2 Å². The van der Waals surface area contributed by atoms with E-state index in [2.05, 4.69) is 15.3 Å². The number of hydrogen-bond donors (Lipinski definition) is 1. The molecule has 1 N–H and O–H groups in total. The fourth-order valence-corrected chi connectivity index (χ4v) is 2.29. The molecule has 98 valence electrons. The van der Waals surface area contributed by atoms with Crippen LogP contribution >= 0.6 is 11.6 Å². The summed E-state index contributed by atoms with van der Waals surface area (Å²) in [4.78, 5) is 20.9. The van der Waals surface area contributed by atoms with E-state index in [1.165, 1.54) is 0 Å². The van der Waals surface area contributed by atoms with Gasteiger partial charge in [0, 0.05) is 13.6 Å². The van der Waals surface area contributed by atoms with E-state index in [4.69, 9.17) is 11.6 Å². The number of likely N-dealkylation sites (N-methyl/N-ethyl adjacent to an activating group) is 1. The fraction of sp³-hybridized carbons (Fsp3) is 0.545. The second kappa shape index (κ2) is 5.48. The summed E-state index contributed by atoms with van der Waals surface area (Å²) in [6.07, 6.45) is 3.55. The van der Waals surface area contributed by atoms with Gasteiger partial charge in [-0.2, -0.15) is 4.98 Å². The van der Waals surface area contributed by atoms with Crippen molar-refractivity contribution in [3.05, 3.63) is 17.3 Å². The molecule has 0 bridgehead atoms. The van der Waals surface area contributed by atoms with E-state index in [0.717, 1.165) is 19.0 Å². The standard InChI is InChI=1S/C11H14ClFN4O/c1-14-10(18)8-4-2-3-5-17(8)9-7(13)6-15-11(12)16-9/h6,8H,2-5H2,1H3,(H,14,18). The first-order chi connectivity index (χ1) is 8.63. The number of rotatable bonds is 2. The lowest BCUT2D eigenvalue weighted by atomic mass is 10.0. The molecule has 1 amide bonds. The summed E-state index contributed by atoms with van der Waals surface area (Å²) in [6, 6.07) is -0.399. The molecule has 18 heavy (non-hydrogen) atoms. The molecular weight excluding hydrogens is 259 g/mol. The molecule has 5 nitrogen and oxygen atoms in total. The monoisotopic (exact) mass is 272 g/mol. The van der Waals surface area contributed by atoms with Crippen LogP contribution in [0.5, 0.6) is 0 Å². The Kier molecular flexibility index (Phi) is 3.96. The lowest BCUT2D eigenvalue weighted by molar-refractivity contribution is -0.122. The highest BCUT2D eigenvalue weighted by Gasteiger charge is 2.30. The van der Waals surface area contributed by atoms with Crippen LogP contribution < -0.4 is 10.2 Å². The lowest BCUT2D eigenvalue weighted by Crippen LogP contribution is -2.49. The van der Waals surface area contributed by atoms with Gasteiger partial charge in [-0.25, -0.2) is 9.37 Å². The molecule has 1 unspecified atom stereocenters. The number of aromatic nitrogens is 2. The number of amides is 1. The van der Waals surface area contributed by atoms with Crippen molar-refractivity contribution in [1.82, 2.24) is 15.3 Å². The van der Waals surface area contributed by atoms with Crippen LogP contribution in [-0.2, 0) is 4.79 Å². The molecule has 0 aliphatic carbocycles. The molecule has 1 fully saturated rings. The van der Waals surface area contributed by atoms with Gasteiger partial charge in [0.25, 0.3) is 0 Å². The molecule has 1 aliphatic heterocycles. The molecule has 1 atom stereocenters. The minimum absolute atomic E-state index is 0.0207. The first-order valence-corrected chi connectivity index (χ1v) is 6.17. The Hall–Kier alpha value is -1.43. The van der Waals surface area contributed by atoms with Crippen LogP contribution in [0, 0.1) is 5.82 Å². The Morgan fingerprint density at radius 1 is 1.61 bits per heavy atom. The maximum atomic E-state index is 13.7. The first-order valence-electron chi connectivity index (χ1n) is 5.79. The molecule has 0 aromatic carbocycles. The molecule has 0 saturated carbocycles. The number of carbonyl (C=O) groups excluding carboxylic acids is 1. The van der Waals surface area contributed by atoms with Crippen LogP contribution in [0.2, 0.25) is 5.28 Å². The summed E-state index contributed by atoms with van der Waals surface area (Å²) in [5, 5.41) is 2.57. The SMILES string of the molecule is CNC(=O)C1CCCCN1c1nc(Cl)ncc1F. The maximum absolute atomic E-state index is 13.7. The topological polar surface area (TPSA) is 58.1 Å². The molecule has 1 aliphatic rings. The third kappa shape index (κ3) is 2.53. The zero-order valence-corrected chi connectivity index (χ0v) is 10.7. The van der Waals surface area contributed by atoms with Crippen molar-refractivity contribution in [3.63, 3.8) is 0 Å². The first kappa shape index (κ1) is 13.0. The number of halogens is 2. The van der Waals surface area contributed by atoms with Crippen molar-refractivity contribution in [2.45, 2.75) is 25.3 Å². The average molecular weight is 273 g/mol. The molecule has 1 saturated heterocycles. The Morgan fingerprint density at radius 3 is 3.11 bits per heavy atom. The summed E-state index contributed by atoms with van der Waals surface area (Å²) in [6.45, 7) is 0.586. The van der Waals surface area contributed by atoms with Crippen LogP contribution in [0.3, 0.4) is 0 Å². The third-order valence-electron chi connectivity index (χ3n) is 3.02. The Bertz CT molecular complexity index is 457. The molecule has 0 radical (unpaired) electrons. The van der Waals surface area contributed by atoms with Crippen LogP contribution in [0.4, 0.5) is 10.2 Å². The highest BCUT2D eigenvalue weighted by Crippen LogP contribution is 2.26. The van der Waals surface area contributed by atoms with E-state index in [1.54, 1.807) is 11.9 Å². The number of anilines is 1. The van der Waals surface area contributed by atoms with Crippen LogP contribution in [0.15, 0.2) is 6.20 Å². The van der Waals surface area contributed by atoms with Gasteiger partial charge in [0.1, 0.15) is 6.04 Å². The molecule has 0 spiro atoms. The van der Waals surface area contributed by atoms with Crippen LogP contribution in [0.25, 0.3) is 0 Å². The Balaban J connectivity index is 2.33. The lowest BCUT2D eigenvalue weighted by Gasteiger charge is -2.35. The molecule has 2 heterocycles. The van der Waals surface area contributed by atoms with Crippen molar-refractivity contribution in [2.24, 2.45) is 0 Å². The zero-order valence-electron chi connectivity index (χ0n) is 9.99. The van der Waals surface area contributed by atoms with Crippen molar-refractivity contribution in [3.8, 4) is 0 Å². The van der Waals surface area contributed by atoms with Gasteiger partial charge in [0.15, 0.2) is 11.6 Å². The third-order valence-corrected chi connectivity index (χ3v) is 3.20. The van der Waals surface area contributed by atoms with Gasteiger partial charge in [-0.15, -0.1) is 0 Å². The Labute approximate surface area is 109 Å². The predicted octanol–water partition coefficient (Wildman–Crippen LogP) is 1.37.